The van der Waals surface area contributed by atoms with Crippen LogP contribution in [-0.4, -0.2) is 24.1 Å². The Hall–Kier alpha value is -0.870. The fourth-order valence-electron chi connectivity index (χ4n) is 1.70. The predicted octanol–water partition coefficient (Wildman–Crippen LogP) is 2.93. The van der Waals surface area contributed by atoms with E-state index < -0.39 is 0 Å². The summed E-state index contributed by atoms with van der Waals surface area (Å²) in [7, 11) is 0. The molecule has 1 aliphatic rings. The van der Waals surface area contributed by atoms with Gasteiger partial charge >= 0.3 is 0 Å². The van der Waals surface area contributed by atoms with Gasteiger partial charge in [0.25, 0.3) is 5.91 Å². The molecule has 0 radical (unpaired) electrons. The van der Waals surface area contributed by atoms with Crippen molar-refractivity contribution in [3.8, 4) is 0 Å². The van der Waals surface area contributed by atoms with Gasteiger partial charge in [0.05, 0.1) is 12.2 Å². The Labute approximate surface area is 103 Å². The lowest BCUT2D eigenvalue weighted by molar-refractivity contribution is -0.144. The Balaban J connectivity index is 2.22. The summed E-state index contributed by atoms with van der Waals surface area (Å²) in [6.45, 7) is 3.28. The standard InChI is InChI=1S/C12H14BrNO2/c1-9-5-4-6-10(11(9)13)12(15)14-7-2-3-8-16-14/h4-6H,2-3,7-8H2,1H3. The van der Waals surface area contributed by atoms with E-state index in [1.165, 1.54) is 5.06 Å². The summed E-state index contributed by atoms with van der Waals surface area (Å²) in [6, 6.07) is 5.67. The predicted molar refractivity (Wildman–Crippen MR) is 65.1 cm³/mol. The Morgan fingerprint density at radius 1 is 1.44 bits per heavy atom. The minimum atomic E-state index is -0.0599. The van der Waals surface area contributed by atoms with Crippen LogP contribution in [0.3, 0.4) is 0 Å². The van der Waals surface area contributed by atoms with Crippen LogP contribution in [-0.2, 0) is 4.84 Å². The van der Waals surface area contributed by atoms with Crippen molar-refractivity contribution >= 4 is 21.8 Å². The molecule has 2 rings (SSSR count). The Kier molecular flexibility index (Phi) is 3.61. The molecule has 0 spiro atoms. The molecular formula is C12H14BrNO2. The average Bonchev–Trinajstić information content (AvgIpc) is 2.33. The maximum Gasteiger partial charge on any atom is 0.278 e. The van der Waals surface area contributed by atoms with Crippen molar-refractivity contribution in [3.05, 3.63) is 33.8 Å². The molecule has 4 heteroatoms. The van der Waals surface area contributed by atoms with Gasteiger partial charge in [-0.25, -0.2) is 5.06 Å². The van der Waals surface area contributed by atoms with Crippen molar-refractivity contribution < 1.29 is 9.63 Å². The van der Waals surface area contributed by atoms with E-state index in [0.717, 1.165) is 22.9 Å². The number of rotatable bonds is 1. The first-order valence-corrected chi connectivity index (χ1v) is 6.19. The third-order valence-electron chi connectivity index (χ3n) is 2.65. The van der Waals surface area contributed by atoms with Gasteiger partial charge in [-0.05, 0) is 47.3 Å². The van der Waals surface area contributed by atoms with E-state index in [0.29, 0.717) is 18.7 Å². The number of hydrogen-bond acceptors (Lipinski definition) is 2. The molecule has 0 unspecified atom stereocenters. The van der Waals surface area contributed by atoms with Gasteiger partial charge in [-0.1, -0.05) is 12.1 Å². The zero-order valence-corrected chi connectivity index (χ0v) is 10.8. The maximum absolute atomic E-state index is 12.1. The SMILES string of the molecule is Cc1cccc(C(=O)N2CCCCO2)c1Br. The van der Waals surface area contributed by atoms with Crippen LogP contribution < -0.4 is 0 Å². The second-order valence-corrected chi connectivity index (χ2v) is 4.68. The molecule has 1 aromatic carbocycles. The fraction of sp³-hybridized carbons (Fsp3) is 0.417. The molecule has 3 nitrogen and oxygen atoms in total. The lowest BCUT2D eigenvalue weighted by Crippen LogP contribution is -2.35. The average molecular weight is 284 g/mol. The highest BCUT2D eigenvalue weighted by atomic mass is 79.9. The first kappa shape index (κ1) is 11.6. The number of amides is 1. The zero-order chi connectivity index (χ0) is 11.5. The van der Waals surface area contributed by atoms with Crippen LogP contribution in [0.15, 0.2) is 22.7 Å². The summed E-state index contributed by atoms with van der Waals surface area (Å²) >= 11 is 3.44. The van der Waals surface area contributed by atoms with Gasteiger partial charge in [0.1, 0.15) is 0 Å². The van der Waals surface area contributed by atoms with Crippen molar-refractivity contribution in [1.29, 1.82) is 0 Å². The highest BCUT2D eigenvalue weighted by Crippen LogP contribution is 2.23. The second kappa shape index (κ2) is 4.97. The molecule has 0 bridgehead atoms. The Bertz CT molecular complexity index is 400. The van der Waals surface area contributed by atoms with Gasteiger partial charge in [-0.15, -0.1) is 0 Å². The number of halogens is 1. The summed E-state index contributed by atoms with van der Waals surface area (Å²) in [5.41, 5.74) is 1.73. The van der Waals surface area contributed by atoms with Crippen molar-refractivity contribution in [2.75, 3.05) is 13.2 Å². The molecule has 1 aliphatic heterocycles. The van der Waals surface area contributed by atoms with Crippen molar-refractivity contribution in [1.82, 2.24) is 5.06 Å². The molecule has 1 heterocycles. The quantitative estimate of drug-likeness (QED) is 0.793. The number of hydroxylamine groups is 2. The van der Waals surface area contributed by atoms with Crippen LogP contribution in [0.1, 0.15) is 28.8 Å². The van der Waals surface area contributed by atoms with Crippen molar-refractivity contribution in [2.45, 2.75) is 19.8 Å². The largest absolute Gasteiger partial charge is 0.278 e. The van der Waals surface area contributed by atoms with Gasteiger partial charge in [0.15, 0.2) is 0 Å². The monoisotopic (exact) mass is 283 g/mol. The van der Waals surface area contributed by atoms with Crippen LogP contribution in [0.4, 0.5) is 0 Å². The van der Waals surface area contributed by atoms with E-state index in [-0.39, 0.29) is 5.91 Å². The van der Waals surface area contributed by atoms with E-state index in [9.17, 15) is 4.79 Å². The van der Waals surface area contributed by atoms with Gasteiger partial charge in [-0.2, -0.15) is 0 Å². The normalized spacial score (nSPS) is 16.2. The van der Waals surface area contributed by atoms with Gasteiger partial charge in [0, 0.05) is 11.0 Å². The number of hydrogen-bond donors (Lipinski definition) is 0. The lowest BCUT2D eigenvalue weighted by atomic mass is 10.1. The molecule has 1 aromatic rings. The molecule has 0 N–H and O–H groups in total. The van der Waals surface area contributed by atoms with Gasteiger partial charge in [-0.3, -0.25) is 9.63 Å². The molecule has 16 heavy (non-hydrogen) atoms. The summed E-state index contributed by atoms with van der Waals surface area (Å²) in [6.07, 6.45) is 2.04. The topological polar surface area (TPSA) is 29.5 Å². The number of carbonyl (C=O) groups is 1. The van der Waals surface area contributed by atoms with Crippen LogP contribution in [0.2, 0.25) is 0 Å². The molecule has 1 fully saturated rings. The van der Waals surface area contributed by atoms with Crippen LogP contribution in [0.5, 0.6) is 0 Å². The van der Waals surface area contributed by atoms with Crippen molar-refractivity contribution in [2.24, 2.45) is 0 Å². The molecule has 1 amide bonds. The molecule has 0 saturated carbocycles. The molecular weight excluding hydrogens is 270 g/mol. The minimum absolute atomic E-state index is 0.0599. The van der Waals surface area contributed by atoms with E-state index in [1.54, 1.807) is 0 Å². The van der Waals surface area contributed by atoms with Gasteiger partial charge < -0.3 is 0 Å². The third kappa shape index (κ3) is 2.28. The number of carbonyl (C=O) groups excluding carboxylic acids is 1. The summed E-state index contributed by atoms with van der Waals surface area (Å²) in [5.74, 6) is -0.0599. The van der Waals surface area contributed by atoms with Crippen molar-refractivity contribution in [3.63, 3.8) is 0 Å². The zero-order valence-electron chi connectivity index (χ0n) is 9.20. The maximum atomic E-state index is 12.1. The number of benzene rings is 1. The Morgan fingerprint density at radius 2 is 2.25 bits per heavy atom. The minimum Gasteiger partial charge on any atom is -0.271 e. The summed E-state index contributed by atoms with van der Waals surface area (Å²) in [4.78, 5) is 17.5. The molecule has 86 valence electrons. The summed E-state index contributed by atoms with van der Waals surface area (Å²) in [5, 5.41) is 1.46. The molecule has 0 aliphatic carbocycles. The lowest BCUT2D eigenvalue weighted by Gasteiger charge is -2.26. The third-order valence-corrected chi connectivity index (χ3v) is 3.70. The van der Waals surface area contributed by atoms with Gasteiger partial charge in [0.2, 0.25) is 0 Å². The van der Waals surface area contributed by atoms with E-state index in [4.69, 9.17) is 4.84 Å². The summed E-state index contributed by atoms with van der Waals surface area (Å²) < 4.78 is 0.856. The smallest absolute Gasteiger partial charge is 0.271 e. The number of nitrogens with zero attached hydrogens (tertiary/aromatic N) is 1. The second-order valence-electron chi connectivity index (χ2n) is 3.88. The van der Waals surface area contributed by atoms with E-state index >= 15 is 0 Å². The van der Waals surface area contributed by atoms with Crippen LogP contribution in [0.25, 0.3) is 0 Å². The molecule has 1 saturated heterocycles. The highest BCUT2D eigenvalue weighted by molar-refractivity contribution is 9.10. The highest BCUT2D eigenvalue weighted by Gasteiger charge is 2.21. The molecule has 0 aromatic heterocycles. The van der Waals surface area contributed by atoms with E-state index in [2.05, 4.69) is 15.9 Å². The first-order chi connectivity index (χ1) is 7.70. The first-order valence-electron chi connectivity index (χ1n) is 5.40. The van der Waals surface area contributed by atoms with E-state index in [1.807, 2.05) is 25.1 Å². The molecule has 0 atom stereocenters. The van der Waals surface area contributed by atoms with Crippen LogP contribution in [0, 0.1) is 6.92 Å². The Morgan fingerprint density at radius 3 is 2.94 bits per heavy atom. The fourth-order valence-corrected chi connectivity index (χ4v) is 2.14. The number of aryl methyl sites for hydroxylation is 1. The van der Waals surface area contributed by atoms with Crippen LogP contribution >= 0.6 is 15.9 Å².